The van der Waals surface area contributed by atoms with Crippen molar-refractivity contribution < 1.29 is 8.81 Å². The van der Waals surface area contributed by atoms with Crippen molar-refractivity contribution in [3.8, 4) is 0 Å². The molecule has 0 aliphatic carbocycles. The van der Waals surface area contributed by atoms with Gasteiger partial charge in [-0.1, -0.05) is 0 Å². The Morgan fingerprint density at radius 1 is 1.62 bits per heavy atom. The first kappa shape index (κ1) is 5.09. The average molecular weight is 112 g/mol. The molecule has 0 spiro atoms. The average Bonchev–Trinajstić information content (AvgIpc) is 2.19. The molecule has 1 aromatic rings. The molecule has 42 valence electrons. The van der Waals surface area contributed by atoms with Crippen molar-refractivity contribution in [3.05, 3.63) is 30.5 Å². The molecule has 0 saturated carbocycles. The number of hydrogen-bond donors (Lipinski definition) is 0. The van der Waals surface area contributed by atoms with Gasteiger partial charge in [0.2, 0.25) is 0 Å². The molecule has 0 N–H and O–H groups in total. The molecule has 0 aliphatic heterocycles. The van der Waals surface area contributed by atoms with Gasteiger partial charge >= 0.3 is 0 Å². The Kier molecular flexibility index (Phi) is 1.47. The zero-order chi connectivity index (χ0) is 5.82. The molecule has 0 atom stereocenters. The van der Waals surface area contributed by atoms with E-state index in [4.69, 9.17) is 4.42 Å². The smallest absolute Gasteiger partial charge is 0.128 e. The molecule has 0 amide bonds. The standard InChI is InChI=1S/C6H5FO/c7-4-3-6-2-1-5-8-6/h1-5H/b4-3+. The normalized spacial score (nSPS) is 10.6. The van der Waals surface area contributed by atoms with Crippen LogP contribution >= 0.6 is 0 Å². The summed E-state index contributed by atoms with van der Waals surface area (Å²) >= 11 is 0. The fourth-order valence-electron chi connectivity index (χ4n) is 0.448. The van der Waals surface area contributed by atoms with E-state index in [0.29, 0.717) is 12.1 Å². The van der Waals surface area contributed by atoms with Gasteiger partial charge < -0.3 is 4.42 Å². The van der Waals surface area contributed by atoms with Gasteiger partial charge in [0.1, 0.15) is 5.76 Å². The SMILES string of the molecule is F/C=C/c1ccco1. The van der Waals surface area contributed by atoms with Crippen molar-refractivity contribution >= 4 is 6.08 Å². The summed E-state index contributed by atoms with van der Waals surface area (Å²) in [6.45, 7) is 0. The van der Waals surface area contributed by atoms with Gasteiger partial charge in [-0.2, -0.15) is 0 Å². The molecular weight excluding hydrogens is 107 g/mol. The predicted molar refractivity (Wildman–Crippen MR) is 28.8 cm³/mol. The number of halogens is 1. The second-order valence-electron chi connectivity index (χ2n) is 1.31. The Hall–Kier alpha value is -1.05. The van der Waals surface area contributed by atoms with Crippen LogP contribution in [-0.4, -0.2) is 0 Å². The molecule has 1 rings (SSSR count). The molecule has 0 aliphatic rings. The van der Waals surface area contributed by atoms with E-state index >= 15 is 0 Å². The van der Waals surface area contributed by atoms with Crippen LogP contribution in [0.15, 0.2) is 29.1 Å². The van der Waals surface area contributed by atoms with Gasteiger partial charge in [-0.3, -0.25) is 0 Å². The lowest BCUT2D eigenvalue weighted by molar-refractivity contribution is 0.555. The quantitative estimate of drug-likeness (QED) is 0.542. The van der Waals surface area contributed by atoms with Gasteiger partial charge in [-0.05, 0) is 12.1 Å². The Morgan fingerprint density at radius 2 is 2.50 bits per heavy atom. The third-order valence-electron chi connectivity index (χ3n) is 0.770. The second kappa shape index (κ2) is 2.31. The maximum Gasteiger partial charge on any atom is 0.128 e. The van der Waals surface area contributed by atoms with Crippen molar-refractivity contribution in [2.45, 2.75) is 0 Å². The van der Waals surface area contributed by atoms with Crippen molar-refractivity contribution in [2.24, 2.45) is 0 Å². The van der Waals surface area contributed by atoms with Crippen molar-refractivity contribution in [2.75, 3.05) is 0 Å². The minimum absolute atomic E-state index is 0.443. The van der Waals surface area contributed by atoms with Crippen LogP contribution in [0.5, 0.6) is 0 Å². The first-order valence-corrected chi connectivity index (χ1v) is 2.24. The highest BCUT2D eigenvalue weighted by atomic mass is 19.1. The minimum Gasteiger partial charge on any atom is -0.465 e. The fraction of sp³-hybridized carbons (Fsp3) is 0. The van der Waals surface area contributed by atoms with Gasteiger partial charge in [0, 0.05) is 6.08 Å². The topological polar surface area (TPSA) is 13.1 Å². The highest BCUT2D eigenvalue weighted by Crippen LogP contribution is 2.01. The Labute approximate surface area is 46.4 Å². The number of furan rings is 1. The van der Waals surface area contributed by atoms with Crippen molar-refractivity contribution in [1.29, 1.82) is 0 Å². The van der Waals surface area contributed by atoms with E-state index in [0.717, 1.165) is 0 Å². The molecule has 0 bridgehead atoms. The molecule has 0 aromatic carbocycles. The summed E-state index contributed by atoms with van der Waals surface area (Å²) in [5.41, 5.74) is 0. The van der Waals surface area contributed by atoms with Crippen LogP contribution in [0.1, 0.15) is 5.76 Å². The van der Waals surface area contributed by atoms with E-state index in [2.05, 4.69) is 0 Å². The fourth-order valence-corrected chi connectivity index (χ4v) is 0.448. The van der Waals surface area contributed by atoms with Gasteiger partial charge in [0.25, 0.3) is 0 Å². The summed E-state index contributed by atoms with van der Waals surface area (Å²) in [6, 6.07) is 3.38. The van der Waals surface area contributed by atoms with Crippen LogP contribution < -0.4 is 0 Å². The van der Waals surface area contributed by atoms with Crippen LogP contribution in [0, 0.1) is 0 Å². The summed E-state index contributed by atoms with van der Waals surface area (Å²) in [7, 11) is 0. The second-order valence-corrected chi connectivity index (χ2v) is 1.31. The van der Waals surface area contributed by atoms with Crippen molar-refractivity contribution in [1.82, 2.24) is 0 Å². The third-order valence-corrected chi connectivity index (χ3v) is 0.770. The minimum atomic E-state index is 0.443. The predicted octanol–water partition coefficient (Wildman–Crippen LogP) is 2.22. The molecule has 0 fully saturated rings. The van der Waals surface area contributed by atoms with Gasteiger partial charge in [-0.15, -0.1) is 0 Å². The highest BCUT2D eigenvalue weighted by Gasteiger charge is 1.83. The molecule has 8 heavy (non-hydrogen) atoms. The van der Waals surface area contributed by atoms with Gasteiger partial charge in [0.15, 0.2) is 0 Å². The van der Waals surface area contributed by atoms with Gasteiger partial charge in [-0.25, -0.2) is 4.39 Å². The van der Waals surface area contributed by atoms with Crippen LogP contribution in [0.25, 0.3) is 6.08 Å². The number of hydrogen-bond acceptors (Lipinski definition) is 1. The lowest BCUT2D eigenvalue weighted by Gasteiger charge is -1.74. The summed E-state index contributed by atoms with van der Waals surface area (Å²) < 4.78 is 16.1. The van der Waals surface area contributed by atoms with E-state index < -0.39 is 0 Å². The van der Waals surface area contributed by atoms with Crippen LogP contribution in [0.3, 0.4) is 0 Å². The van der Waals surface area contributed by atoms with Crippen LogP contribution in [-0.2, 0) is 0 Å². The Morgan fingerprint density at radius 3 is 3.00 bits per heavy atom. The van der Waals surface area contributed by atoms with E-state index in [9.17, 15) is 4.39 Å². The third kappa shape index (κ3) is 0.964. The summed E-state index contributed by atoms with van der Waals surface area (Å²) in [5.74, 6) is 0.535. The molecule has 1 nitrogen and oxygen atoms in total. The first-order chi connectivity index (χ1) is 3.93. The van der Waals surface area contributed by atoms with E-state index in [-0.39, 0.29) is 0 Å². The van der Waals surface area contributed by atoms with Crippen LogP contribution in [0.2, 0.25) is 0 Å². The lowest BCUT2D eigenvalue weighted by atomic mass is 10.4. The van der Waals surface area contributed by atoms with E-state index in [1.807, 2.05) is 0 Å². The Bertz CT molecular complexity index is 165. The van der Waals surface area contributed by atoms with Crippen molar-refractivity contribution in [3.63, 3.8) is 0 Å². The molecule has 2 heteroatoms. The van der Waals surface area contributed by atoms with Crippen LogP contribution in [0.4, 0.5) is 4.39 Å². The first-order valence-electron chi connectivity index (χ1n) is 2.24. The lowest BCUT2D eigenvalue weighted by Crippen LogP contribution is -1.53. The number of rotatable bonds is 1. The molecule has 0 saturated heterocycles. The molecule has 0 unspecified atom stereocenters. The highest BCUT2D eigenvalue weighted by molar-refractivity contribution is 5.39. The molecule has 1 aromatic heterocycles. The maximum absolute atomic E-state index is 11.3. The molecular formula is C6H5FO. The van der Waals surface area contributed by atoms with Gasteiger partial charge in [0.05, 0.1) is 12.6 Å². The molecule has 1 heterocycles. The Balaban J connectivity index is 2.77. The summed E-state index contributed by atoms with van der Waals surface area (Å²) in [5, 5.41) is 0. The largest absolute Gasteiger partial charge is 0.465 e. The zero-order valence-electron chi connectivity index (χ0n) is 4.17. The zero-order valence-corrected chi connectivity index (χ0v) is 4.17. The monoisotopic (exact) mass is 112 g/mol. The molecule has 0 radical (unpaired) electrons. The van der Waals surface area contributed by atoms with E-state index in [1.165, 1.54) is 12.3 Å². The van der Waals surface area contributed by atoms with E-state index in [1.54, 1.807) is 12.1 Å². The summed E-state index contributed by atoms with van der Waals surface area (Å²) in [6.07, 6.45) is 3.19. The summed E-state index contributed by atoms with van der Waals surface area (Å²) in [4.78, 5) is 0. The maximum atomic E-state index is 11.3.